The maximum Gasteiger partial charge on any atom is 0.177 e. The Morgan fingerprint density at radius 3 is 2.21 bits per heavy atom. The Balaban J connectivity index is 1.40. The number of hydrogen-bond acceptors (Lipinski definition) is 5. The number of nitrogens with zero attached hydrogens (tertiary/aromatic N) is 3. The van der Waals surface area contributed by atoms with Crippen molar-refractivity contribution in [2.24, 2.45) is 28.6 Å². The van der Waals surface area contributed by atoms with E-state index in [1.165, 1.54) is 19.3 Å². The third kappa shape index (κ3) is 3.18. The van der Waals surface area contributed by atoms with Crippen molar-refractivity contribution in [3.05, 3.63) is 71.4 Å². The molecule has 0 spiro atoms. The van der Waals surface area contributed by atoms with Gasteiger partial charge < -0.3 is 9.64 Å². The fourth-order valence-electron chi connectivity index (χ4n) is 9.33. The second-order valence-electron chi connectivity index (χ2n) is 12.4. The van der Waals surface area contributed by atoms with Crippen molar-refractivity contribution in [2.45, 2.75) is 63.5 Å². The molecule has 0 radical (unpaired) electrons. The minimum absolute atomic E-state index is 0.261. The molecule has 5 fully saturated rings. The Morgan fingerprint density at radius 2 is 1.61 bits per heavy atom. The molecule has 2 aromatic carbocycles. The van der Waals surface area contributed by atoms with Crippen LogP contribution in [0.25, 0.3) is 6.08 Å². The number of fused-ring (bicyclic) bond motifs is 3. The number of ether oxygens (including phenoxy) is 1. The number of Topliss-reactive ketones (excluding diaryl/α,β-unsaturated/α-hetero) is 1. The molecule has 0 N–H and O–H groups in total. The van der Waals surface area contributed by atoms with Crippen molar-refractivity contribution in [3.63, 3.8) is 0 Å². The molecular weight excluding hydrogens is 470 g/mol. The van der Waals surface area contributed by atoms with E-state index in [0.717, 1.165) is 41.7 Å². The van der Waals surface area contributed by atoms with Crippen LogP contribution in [-0.4, -0.2) is 23.3 Å². The number of rotatable bonds is 5. The van der Waals surface area contributed by atoms with E-state index in [-0.39, 0.29) is 11.2 Å². The van der Waals surface area contributed by atoms with E-state index >= 15 is 4.79 Å². The van der Waals surface area contributed by atoms with Gasteiger partial charge in [0.1, 0.15) is 5.75 Å². The quantitative estimate of drug-likeness (QED) is 0.472. The standard InChI is InChI=1S/C33H33N3O2/c1-2-38-26-9-7-25(8-10-26)28-29(31(37)32-16-21-13-22(17-32)15-23(14-21)18-32)36-12-11-24-5-3-4-6-27(24)30(36)33(28,19-34)20-35/h3-12,21-23,28-30H,2,13-18H2,1H3/t21?,22?,23?,28-,29+,30-,32?/m0/s1. The zero-order valence-corrected chi connectivity index (χ0v) is 21.8. The van der Waals surface area contributed by atoms with Gasteiger partial charge in [0.05, 0.1) is 30.8 Å². The summed E-state index contributed by atoms with van der Waals surface area (Å²) in [4.78, 5) is 17.1. The summed E-state index contributed by atoms with van der Waals surface area (Å²) in [5.74, 6) is 2.37. The van der Waals surface area contributed by atoms with Gasteiger partial charge in [0.25, 0.3) is 0 Å². The Bertz CT molecular complexity index is 1350. The molecule has 5 nitrogen and oxygen atoms in total. The molecule has 4 aliphatic carbocycles. The summed E-state index contributed by atoms with van der Waals surface area (Å²) in [6.07, 6.45) is 10.7. The van der Waals surface area contributed by atoms with Crippen LogP contribution in [0.1, 0.15) is 74.1 Å². The summed E-state index contributed by atoms with van der Waals surface area (Å²) >= 11 is 0. The molecule has 3 atom stereocenters. The molecule has 2 aromatic rings. The van der Waals surface area contributed by atoms with Crippen LogP contribution < -0.4 is 4.74 Å². The van der Waals surface area contributed by atoms with Gasteiger partial charge in [-0.05, 0) is 98.1 Å². The van der Waals surface area contributed by atoms with Crippen LogP contribution in [0.3, 0.4) is 0 Å². The number of nitriles is 2. The van der Waals surface area contributed by atoms with Gasteiger partial charge >= 0.3 is 0 Å². The summed E-state index contributed by atoms with van der Waals surface area (Å²) < 4.78 is 5.69. The van der Waals surface area contributed by atoms with Crippen molar-refractivity contribution in [1.29, 1.82) is 10.5 Å². The van der Waals surface area contributed by atoms with Crippen LogP contribution in [-0.2, 0) is 4.79 Å². The average Bonchev–Trinajstić information content (AvgIpc) is 3.23. The largest absolute Gasteiger partial charge is 0.494 e. The molecule has 0 amide bonds. The number of carbonyl (C=O) groups excluding carboxylic acids is 1. The van der Waals surface area contributed by atoms with Crippen LogP contribution in [0.15, 0.2) is 54.7 Å². The van der Waals surface area contributed by atoms with E-state index in [4.69, 9.17) is 4.74 Å². The number of hydrogen-bond donors (Lipinski definition) is 0. The summed E-state index contributed by atoms with van der Waals surface area (Å²) in [5.41, 5.74) is 1.09. The summed E-state index contributed by atoms with van der Waals surface area (Å²) in [7, 11) is 0. The van der Waals surface area contributed by atoms with Gasteiger partial charge in [-0.2, -0.15) is 10.5 Å². The Hall–Kier alpha value is -3.57. The molecule has 8 rings (SSSR count). The fraction of sp³-hybridized carbons (Fsp3) is 0.485. The van der Waals surface area contributed by atoms with Crippen molar-refractivity contribution in [3.8, 4) is 17.9 Å². The minimum Gasteiger partial charge on any atom is -0.494 e. The molecule has 5 heteroatoms. The molecule has 0 aromatic heterocycles. The van der Waals surface area contributed by atoms with Gasteiger partial charge in [-0.3, -0.25) is 4.79 Å². The van der Waals surface area contributed by atoms with Gasteiger partial charge in [-0.1, -0.05) is 36.4 Å². The van der Waals surface area contributed by atoms with E-state index in [0.29, 0.717) is 24.4 Å². The maximum absolute atomic E-state index is 15.0. The van der Waals surface area contributed by atoms with Crippen molar-refractivity contribution >= 4 is 11.9 Å². The predicted octanol–water partition coefficient (Wildman–Crippen LogP) is 6.40. The Morgan fingerprint density at radius 1 is 0.974 bits per heavy atom. The third-order valence-corrected chi connectivity index (χ3v) is 10.3. The highest BCUT2D eigenvalue weighted by atomic mass is 16.5. The molecule has 1 saturated heterocycles. The van der Waals surface area contributed by atoms with Gasteiger partial charge in [0.2, 0.25) is 0 Å². The van der Waals surface area contributed by atoms with E-state index in [2.05, 4.69) is 17.0 Å². The highest BCUT2D eigenvalue weighted by Gasteiger charge is 2.67. The molecular formula is C33H33N3O2. The lowest BCUT2D eigenvalue weighted by atomic mass is 9.47. The topological polar surface area (TPSA) is 77.1 Å². The van der Waals surface area contributed by atoms with E-state index in [1.807, 2.05) is 67.7 Å². The highest BCUT2D eigenvalue weighted by molar-refractivity contribution is 5.93. The second kappa shape index (κ2) is 8.47. The lowest BCUT2D eigenvalue weighted by Crippen LogP contribution is -2.55. The van der Waals surface area contributed by atoms with Gasteiger partial charge in [-0.15, -0.1) is 0 Å². The molecule has 2 heterocycles. The molecule has 4 bridgehead atoms. The van der Waals surface area contributed by atoms with Gasteiger partial charge in [0.15, 0.2) is 11.2 Å². The minimum atomic E-state index is -1.41. The Kier molecular flexibility index (Phi) is 5.25. The number of carbonyl (C=O) groups is 1. The normalized spacial score (nSPS) is 35.2. The maximum atomic E-state index is 15.0. The lowest BCUT2D eigenvalue weighted by Gasteiger charge is -2.57. The number of ketones is 1. The average molecular weight is 504 g/mol. The van der Waals surface area contributed by atoms with Crippen molar-refractivity contribution in [1.82, 2.24) is 4.90 Å². The van der Waals surface area contributed by atoms with Gasteiger partial charge in [-0.25, -0.2) is 0 Å². The lowest BCUT2D eigenvalue weighted by molar-refractivity contribution is -0.148. The first-order valence-electron chi connectivity index (χ1n) is 14.2. The highest BCUT2D eigenvalue weighted by Crippen LogP contribution is 2.65. The van der Waals surface area contributed by atoms with Crippen LogP contribution in [0, 0.1) is 51.2 Å². The predicted molar refractivity (Wildman–Crippen MR) is 143 cm³/mol. The SMILES string of the molecule is CCOc1ccc([C@H]2[C@H](C(=O)C34CC5CC(CC(C5)C3)C4)N3C=Cc4ccccc4[C@H]3C2(C#N)C#N)cc1. The first-order chi connectivity index (χ1) is 18.5. The molecule has 6 aliphatic rings. The van der Waals surface area contributed by atoms with Gasteiger partial charge in [0, 0.05) is 17.5 Å². The molecule has 192 valence electrons. The zero-order valence-electron chi connectivity index (χ0n) is 21.8. The third-order valence-electron chi connectivity index (χ3n) is 10.3. The van der Waals surface area contributed by atoms with Crippen LogP contribution in [0.5, 0.6) is 5.75 Å². The molecule has 4 saturated carbocycles. The van der Waals surface area contributed by atoms with E-state index in [9.17, 15) is 10.5 Å². The summed E-state index contributed by atoms with van der Waals surface area (Å²) in [5, 5.41) is 21.7. The van der Waals surface area contributed by atoms with E-state index < -0.39 is 23.4 Å². The molecule has 0 unspecified atom stereocenters. The van der Waals surface area contributed by atoms with Crippen molar-refractivity contribution in [2.75, 3.05) is 6.61 Å². The molecule has 38 heavy (non-hydrogen) atoms. The zero-order chi connectivity index (χ0) is 26.1. The fourth-order valence-corrected chi connectivity index (χ4v) is 9.33. The number of benzene rings is 2. The smallest absolute Gasteiger partial charge is 0.177 e. The van der Waals surface area contributed by atoms with E-state index in [1.54, 1.807) is 0 Å². The van der Waals surface area contributed by atoms with Crippen molar-refractivity contribution < 1.29 is 9.53 Å². The van der Waals surface area contributed by atoms with Crippen LogP contribution in [0.2, 0.25) is 0 Å². The first-order valence-corrected chi connectivity index (χ1v) is 14.2. The van der Waals surface area contributed by atoms with Crippen LogP contribution in [0.4, 0.5) is 0 Å². The van der Waals surface area contributed by atoms with Crippen LogP contribution >= 0.6 is 0 Å². The Labute approximate surface area is 224 Å². The first kappa shape index (κ1) is 23.5. The summed E-state index contributed by atoms with van der Waals surface area (Å²) in [6, 6.07) is 19.7. The summed E-state index contributed by atoms with van der Waals surface area (Å²) in [6.45, 7) is 2.51. The second-order valence-corrected chi connectivity index (χ2v) is 12.4. The molecule has 2 aliphatic heterocycles. The monoisotopic (exact) mass is 503 g/mol.